The van der Waals surface area contributed by atoms with Gasteiger partial charge >= 0.3 is 0 Å². The zero-order chi connectivity index (χ0) is 13.8. The number of anilines is 1. The summed E-state index contributed by atoms with van der Waals surface area (Å²) in [5.41, 5.74) is 1.47. The van der Waals surface area contributed by atoms with Gasteiger partial charge in [-0.3, -0.25) is 0 Å². The fraction of sp³-hybridized carbons (Fsp3) is 0.143. The van der Waals surface area contributed by atoms with E-state index in [0.717, 1.165) is 15.9 Å². The molecule has 2 aromatic rings. The van der Waals surface area contributed by atoms with Gasteiger partial charge in [-0.2, -0.15) is 0 Å². The van der Waals surface area contributed by atoms with Crippen LogP contribution in [-0.2, 0) is 6.54 Å². The van der Waals surface area contributed by atoms with Crippen LogP contribution >= 0.6 is 15.9 Å². The molecule has 0 unspecified atom stereocenters. The molecule has 5 heteroatoms. The minimum absolute atomic E-state index is 0.103. The standard InChI is InChI=1S/C14H14BrNO3/c1-19-10-5-6-11(15)12(7-10)16-8-9-3-2-4-13(17)14(9)18/h2-7,16-18H,8H2,1H3. The molecule has 19 heavy (non-hydrogen) atoms. The highest BCUT2D eigenvalue weighted by molar-refractivity contribution is 9.10. The Labute approximate surface area is 119 Å². The first kappa shape index (κ1) is 13.5. The van der Waals surface area contributed by atoms with Crippen molar-refractivity contribution in [3.63, 3.8) is 0 Å². The van der Waals surface area contributed by atoms with Gasteiger partial charge in [-0.1, -0.05) is 12.1 Å². The first-order valence-corrected chi connectivity index (χ1v) is 6.48. The van der Waals surface area contributed by atoms with E-state index in [9.17, 15) is 10.2 Å². The molecule has 0 heterocycles. The highest BCUT2D eigenvalue weighted by Crippen LogP contribution is 2.31. The SMILES string of the molecule is COc1ccc(Br)c(NCc2cccc(O)c2O)c1. The monoisotopic (exact) mass is 323 g/mol. The molecule has 0 saturated carbocycles. The highest BCUT2D eigenvalue weighted by atomic mass is 79.9. The molecule has 0 radical (unpaired) electrons. The average Bonchev–Trinajstić information content (AvgIpc) is 2.42. The van der Waals surface area contributed by atoms with Gasteiger partial charge in [0.2, 0.25) is 0 Å². The van der Waals surface area contributed by atoms with Gasteiger partial charge in [0.25, 0.3) is 0 Å². The summed E-state index contributed by atoms with van der Waals surface area (Å²) in [6.45, 7) is 0.395. The van der Waals surface area contributed by atoms with Crippen LogP contribution in [0.4, 0.5) is 5.69 Å². The van der Waals surface area contributed by atoms with Crippen LogP contribution in [-0.4, -0.2) is 17.3 Å². The second-order valence-corrected chi connectivity index (χ2v) is 4.84. The van der Waals surface area contributed by atoms with Gasteiger partial charge in [0.15, 0.2) is 11.5 Å². The van der Waals surface area contributed by atoms with E-state index in [1.54, 1.807) is 19.2 Å². The maximum absolute atomic E-state index is 9.72. The Bertz CT molecular complexity index is 587. The van der Waals surface area contributed by atoms with E-state index in [2.05, 4.69) is 21.2 Å². The topological polar surface area (TPSA) is 61.7 Å². The largest absolute Gasteiger partial charge is 0.504 e. The lowest BCUT2D eigenvalue weighted by molar-refractivity contribution is 0.400. The number of hydrogen-bond acceptors (Lipinski definition) is 4. The molecule has 0 atom stereocenters. The normalized spacial score (nSPS) is 10.2. The van der Waals surface area contributed by atoms with Gasteiger partial charge in [0.1, 0.15) is 5.75 Å². The van der Waals surface area contributed by atoms with E-state index in [4.69, 9.17) is 4.74 Å². The molecule has 0 bridgehead atoms. The average molecular weight is 324 g/mol. The molecule has 0 amide bonds. The van der Waals surface area contributed by atoms with E-state index >= 15 is 0 Å². The Morgan fingerprint density at radius 1 is 1.21 bits per heavy atom. The second kappa shape index (κ2) is 5.84. The van der Waals surface area contributed by atoms with E-state index in [0.29, 0.717) is 12.1 Å². The third-order valence-corrected chi connectivity index (χ3v) is 3.43. The lowest BCUT2D eigenvalue weighted by atomic mass is 10.2. The number of nitrogens with one attached hydrogen (secondary N) is 1. The Hall–Kier alpha value is -1.88. The summed E-state index contributed by atoms with van der Waals surface area (Å²) in [6, 6.07) is 10.5. The molecule has 2 rings (SSSR count). The van der Waals surface area contributed by atoms with Gasteiger partial charge in [-0.15, -0.1) is 0 Å². The Morgan fingerprint density at radius 3 is 2.74 bits per heavy atom. The van der Waals surface area contributed by atoms with Gasteiger partial charge in [0, 0.05) is 22.6 Å². The fourth-order valence-electron chi connectivity index (χ4n) is 1.68. The molecule has 100 valence electrons. The van der Waals surface area contributed by atoms with E-state index in [1.165, 1.54) is 6.07 Å². The molecular weight excluding hydrogens is 310 g/mol. The number of aromatic hydroxyl groups is 2. The number of halogens is 1. The van der Waals surface area contributed by atoms with Crippen molar-refractivity contribution >= 4 is 21.6 Å². The van der Waals surface area contributed by atoms with Crippen LogP contribution < -0.4 is 10.1 Å². The molecule has 0 aliphatic carbocycles. The number of rotatable bonds is 4. The number of methoxy groups -OCH3 is 1. The van der Waals surface area contributed by atoms with Crippen molar-refractivity contribution in [2.75, 3.05) is 12.4 Å². The van der Waals surface area contributed by atoms with Gasteiger partial charge in [0.05, 0.1) is 12.8 Å². The van der Waals surface area contributed by atoms with Gasteiger partial charge < -0.3 is 20.3 Å². The van der Waals surface area contributed by atoms with Crippen LogP contribution in [0.25, 0.3) is 0 Å². The maximum Gasteiger partial charge on any atom is 0.162 e. The van der Waals surface area contributed by atoms with Crippen LogP contribution in [0.1, 0.15) is 5.56 Å². The van der Waals surface area contributed by atoms with Crippen LogP contribution in [0.2, 0.25) is 0 Å². The molecule has 3 N–H and O–H groups in total. The van der Waals surface area contributed by atoms with Crippen molar-refractivity contribution in [2.45, 2.75) is 6.54 Å². The first-order valence-electron chi connectivity index (χ1n) is 5.69. The van der Waals surface area contributed by atoms with Gasteiger partial charge in [-0.05, 0) is 34.1 Å². The Balaban J connectivity index is 2.16. The molecule has 0 aliphatic heterocycles. The predicted octanol–water partition coefficient (Wildman–Crippen LogP) is 3.48. The summed E-state index contributed by atoms with van der Waals surface area (Å²) in [6.07, 6.45) is 0. The number of hydrogen-bond donors (Lipinski definition) is 3. The summed E-state index contributed by atoms with van der Waals surface area (Å²) in [7, 11) is 1.61. The fourth-order valence-corrected chi connectivity index (χ4v) is 2.06. The lowest BCUT2D eigenvalue weighted by Crippen LogP contribution is -2.00. The Kier molecular flexibility index (Phi) is 4.16. The second-order valence-electron chi connectivity index (χ2n) is 3.98. The molecule has 0 spiro atoms. The zero-order valence-corrected chi connectivity index (χ0v) is 11.9. The predicted molar refractivity (Wildman–Crippen MR) is 77.8 cm³/mol. The lowest BCUT2D eigenvalue weighted by Gasteiger charge is -2.11. The number of phenolic OH excluding ortho intramolecular Hbond substituents is 2. The molecule has 0 fully saturated rings. The van der Waals surface area contributed by atoms with Crippen LogP contribution in [0.5, 0.6) is 17.2 Å². The maximum atomic E-state index is 9.72. The van der Waals surface area contributed by atoms with Crippen molar-refractivity contribution in [1.82, 2.24) is 0 Å². The third-order valence-electron chi connectivity index (χ3n) is 2.74. The molecule has 0 saturated heterocycles. The molecule has 0 aromatic heterocycles. The smallest absolute Gasteiger partial charge is 0.162 e. The quantitative estimate of drug-likeness (QED) is 0.754. The van der Waals surface area contributed by atoms with E-state index < -0.39 is 0 Å². The summed E-state index contributed by atoms with van der Waals surface area (Å²) in [5, 5.41) is 22.3. The molecule has 4 nitrogen and oxygen atoms in total. The minimum Gasteiger partial charge on any atom is -0.504 e. The van der Waals surface area contributed by atoms with Crippen molar-refractivity contribution in [3.8, 4) is 17.2 Å². The number of ether oxygens (including phenoxy) is 1. The minimum atomic E-state index is -0.121. The molecule has 0 aliphatic rings. The number of benzene rings is 2. The Morgan fingerprint density at radius 2 is 2.00 bits per heavy atom. The number of phenols is 2. The summed E-state index contributed by atoms with van der Waals surface area (Å²) in [5.74, 6) is 0.517. The summed E-state index contributed by atoms with van der Waals surface area (Å²) >= 11 is 3.44. The highest BCUT2D eigenvalue weighted by Gasteiger charge is 2.07. The van der Waals surface area contributed by atoms with Crippen molar-refractivity contribution < 1.29 is 14.9 Å². The molecule has 2 aromatic carbocycles. The van der Waals surface area contributed by atoms with Crippen molar-refractivity contribution in [3.05, 3.63) is 46.4 Å². The van der Waals surface area contributed by atoms with Crippen LogP contribution in [0.15, 0.2) is 40.9 Å². The molecular formula is C14H14BrNO3. The van der Waals surface area contributed by atoms with Gasteiger partial charge in [-0.25, -0.2) is 0 Å². The van der Waals surface area contributed by atoms with Crippen molar-refractivity contribution in [1.29, 1.82) is 0 Å². The summed E-state index contributed by atoms with van der Waals surface area (Å²) < 4.78 is 6.05. The number of para-hydroxylation sites is 1. The van der Waals surface area contributed by atoms with Crippen molar-refractivity contribution in [2.24, 2.45) is 0 Å². The first-order chi connectivity index (χ1) is 9.11. The van der Waals surface area contributed by atoms with Crippen LogP contribution in [0.3, 0.4) is 0 Å². The van der Waals surface area contributed by atoms with E-state index in [-0.39, 0.29) is 11.5 Å². The zero-order valence-electron chi connectivity index (χ0n) is 10.4. The third kappa shape index (κ3) is 3.12. The van der Waals surface area contributed by atoms with Crippen LogP contribution in [0, 0.1) is 0 Å². The summed E-state index contributed by atoms with van der Waals surface area (Å²) in [4.78, 5) is 0. The van der Waals surface area contributed by atoms with E-state index in [1.807, 2.05) is 18.2 Å².